The van der Waals surface area contributed by atoms with Crippen molar-refractivity contribution in [3.05, 3.63) is 87.5 Å². The van der Waals surface area contributed by atoms with Gasteiger partial charge in [0.15, 0.2) is 0 Å². The topological polar surface area (TPSA) is 97.0 Å². The molecular weight excluding hydrogens is 505 g/mol. The van der Waals surface area contributed by atoms with Crippen LogP contribution in [0.1, 0.15) is 15.9 Å². The molecule has 0 aromatic heterocycles. The average Bonchev–Trinajstić information content (AvgIpc) is 3.08. The molecule has 0 unspecified atom stereocenters. The highest BCUT2D eigenvalue weighted by Gasteiger charge is 2.40. The Kier molecular flexibility index (Phi) is 7.19. The van der Waals surface area contributed by atoms with Crippen LogP contribution < -0.4 is 25.0 Å². The van der Waals surface area contributed by atoms with E-state index >= 15 is 0 Å². The highest BCUT2D eigenvalue weighted by molar-refractivity contribution is 6.53. The van der Waals surface area contributed by atoms with Gasteiger partial charge in [0, 0.05) is 28.0 Å². The van der Waals surface area contributed by atoms with E-state index in [1.807, 2.05) is 6.92 Å². The first-order valence-electron chi connectivity index (χ1n) is 10.7. The van der Waals surface area contributed by atoms with Crippen LogP contribution in [0.2, 0.25) is 5.02 Å². The van der Waals surface area contributed by atoms with Gasteiger partial charge in [0.1, 0.15) is 22.2 Å². The number of carbonyl (C=O) groups is 3. The lowest BCUT2D eigenvalue weighted by molar-refractivity contribution is -0.120. The second kappa shape index (κ2) is 10.3. The highest BCUT2D eigenvalue weighted by atomic mass is 35.5. The predicted octanol–water partition coefficient (Wildman–Crippen LogP) is 5.35. The fraction of sp³-hybridized carbons (Fsp3) is 0.115. The third-order valence-corrected chi connectivity index (χ3v) is 6.24. The van der Waals surface area contributed by atoms with Crippen molar-refractivity contribution in [1.29, 1.82) is 0 Å². The zero-order chi connectivity index (χ0) is 26.0. The molecule has 3 amide bonds. The van der Waals surface area contributed by atoms with E-state index in [1.165, 1.54) is 26.4 Å². The van der Waals surface area contributed by atoms with Crippen LogP contribution in [0.25, 0.3) is 0 Å². The molecule has 0 fully saturated rings. The molecule has 4 rings (SSSR count). The summed E-state index contributed by atoms with van der Waals surface area (Å²) in [5, 5.41) is 5.89. The molecule has 0 spiro atoms. The van der Waals surface area contributed by atoms with Crippen molar-refractivity contribution < 1.29 is 23.9 Å². The van der Waals surface area contributed by atoms with Crippen molar-refractivity contribution in [2.45, 2.75) is 6.92 Å². The first-order chi connectivity index (χ1) is 17.2. The third kappa shape index (κ3) is 4.86. The Morgan fingerprint density at radius 1 is 0.889 bits per heavy atom. The summed E-state index contributed by atoms with van der Waals surface area (Å²) in [5.74, 6) is -1.06. The summed E-state index contributed by atoms with van der Waals surface area (Å²) in [6.45, 7) is 1.86. The summed E-state index contributed by atoms with van der Waals surface area (Å²) < 4.78 is 10.5. The van der Waals surface area contributed by atoms with Crippen LogP contribution in [-0.2, 0) is 9.59 Å². The average molecular weight is 526 g/mol. The smallest absolute Gasteiger partial charge is 0.283 e. The Labute approximate surface area is 217 Å². The minimum absolute atomic E-state index is 0.130. The van der Waals surface area contributed by atoms with Gasteiger partial charge in [0.2, 0.25) is 0 Å². The van der Waals surface area contributed by atoms with Crippen molar-refractivity contribution in [3.8, 4) is 11.5 Å². The van der Waals surface area contributed by atoms with Crippen LogP contribution in [0, 0.1) is 6.92 Å². The molecule has 0 bridgehead atoms. The molecular formula is C26H21Cl2N3O5. The molecule has 0 radical (unpaired) electrons. The Morgan fingerprint density at radius 3 is 2.36 bits per heavy atom. The second-order valence-corrected chi connectivity index (χ2v) is 8.58. The standard InChI is InChI=1S/C26H21Cl2N3O5/c1-14-7-8-17(12-19(14)27)30-24(32)15-5-4-6-16(11-15)29-23-22(28)25(33)31(26(23)34)20-13-18(35-2)9-10-21(20)36-3/h4-13,29H,1-3H3,(H,30,32). The molecule has 0 aliphatic carbocycles. The zero-order valence-corrected chi connectivity index (χ0v) is 21.0. The van der Waals surface area contributed by atoms with Gasteiger partial charge in [-0.3, -0.25) is 14.4 Å². The van der Waals surface area contributed by atoms with E-state index in [4.69, 9.17) is 32.7 Å². The van der Waals surface area contributed by atoms with Crippen molar-refractivity contribution in [1.82, 2.24) is 0 Å². The maximum absolute atomic E-state index is 13.2. The Hall–Kier alpha value is -4.01. The molecule has 10 heteroatoms. The molecule has 36 heavy (non-hydrogen) atoms. The lowest BCUT2D eigenvalue weighted by Crippen LogP contribution is -2.32. The van der Waals surface area contributed by atoms with Crippen LogP contribution in [0.15, 0.2) is 71.4 Å². The summed E-state index contributed by atoms with van der Waals surface area (Å²) in [6.07, 6.45) is 0. The van der Waals surface area contributed by atoms with E-state index in [-0.39, 0.29) is 28.1 Å². The molecule has 184 valence electrons. The predicted molar refractivity (Wildman–Crippen MR) is 139 cm³/mol. The number of carbonyl (C=O) groups excluding carboxylic acids is 3. The van der Waals surface area contributed by atoms with E-state index in [0.29, 0.717) is 27.7 Å². The van der Waals surface area contributed by atoms with Gasteiger partial charge in [-0.25, -0.2) is 4.90 Å². The van der Waals surface area contributed by atoms with Crippen molar-refractivity contribution in [2.75, 3.05) is 29.8 Å². The van der Waals surface area contributed by atoms with Crippen molar-refractivity contribution in [3.63, 3.8) is 0 Å². The van der Waals surface area contributed by atoms with Crippen LogP contribution in [-0.4, -0.2) is 31.9 Å². The number of hydrogen-bond donors (Lipinski definition) is 2. The first-order valence-corrected chi connectivity index (χ1v) is 11.4. The molecule has 0 saturated carbocycles. The lowest BCUT2D eigenvalue weighted by Gasteiger charge is -2.19. The number of rotatable bonds is 7. The molecule has 1 heterocycles. The van der Waals surface area contributed by atoms with Crippen LogP contribution >= 0.6 is 23.2 Å². The number of benzene rings is 3. The van der Waals surface area contributed by atoms with Gasteiger partial charge >= 0.3 is 0 Å². The maximum atomic E-state index is 13.2. The summed E-state index contributed by atoms with van der Waals surface area (Å²) in [6, 6.07) is 16.4. The number of methoxy groups -OCH3 is 2. The fourth-order valence-corrected chi connectivity index (χ4v) is 3.95. The van der Waals surface area contributed by atoms with E-state index in [9.17, 15) is 14.4 Å². The van der Waals surface area contributed by atoms with Gasteiger partial charge in [0.05, 0.1) is 19.9 Å². The van der Waals surface area contributed by atoms with Gasteiger partial charge in [-0.2, -0.15) is 0 Å². The summed E-state index contributed by atoms with van der Waals surface area (Å²) in [5.41, 5.74) is 2.19. The maximum Gasteiger partial charge on any atom is 0.283 e. The van der Waals surface area contributed by atoms with E-state index in [1.54, 1.807) is 48.5 Å². The Balaban J connectivity index is 1.57. The number of nitrogens with zero attached hydrogens (tertiary/aromatic N) is 1. The molecule has 1 aliphatic rings. The van der Waals surface area contributed by atoms with Crippen molar-refractivity contribution in [2.24, 2.45) is 0 Å². The number of ether oxygens (including phenoxy) is 2. The van der Waals surface area contributed by atoms with E-state index in [2.05, 4.69) is 10.6 Å². The van der Waals surface area contributed by atoms with Gasteiger partial charge < -0.3 is 20.1 Å². The number of imide groups is 1. The van der Waals surface area contributed by atoms with Gasteiger partial charge in [-0.1, -0.05) is 35.3 Å². The normalized spacial score (nSPS) is 13.2. The number of amides is 3. The second-order valence-electron chi connectivity index (χ2n) is 7.80. The van der Waals surface area contributed by atoms with Crippen LogP contribution in [0.3, 0.4) is 0 Å². The van der Waals surface area contributed by atoms with E-state index in [0.717, 1.165) is 10.5 Å². The monoisotopic (exact) mass is 525 g/mol. The van der Waals surface area contributed by atoms with Gasteiger partial charge in [0.25, 0.3) is 17.7 Å². The lowest BCUT2D eigenvalue weighted by atomic mass is 10.1. The fourth-order valence-electron chi connectivity index (χ4n) is 3.56. The molecule has 1 aliphatic heterocycles. The highest BCUT2D eigenvalue weighted by Crippen LogP contribution is 2.38. The van der Waals surface area contributed by atoms with Crippen LogP contribution in [0.5, 0.6) is 11.5 Å². The van der Waals surface area contributed by atoms with Gasteiger partial charge in [-0.15, -0.1) is 0 Å². The number of nitrogens with one attached hydrogen (secondary N) is 2. The van der Waals surface area contributed by atoms with Gasteiger partial charge in [-0.05, 0) is 55.0 Å². The molecule has 0 saturated heterocycles. The first kappa shape index (κ1) is 25.1. The summed E-state index contributed by atoms with van der Waals surface area (Å²) >= 11 is 12.4. The van der Waals surface area contributed by atoms with Crippen molar-refractivity contribution >= 4 is 58.0 Å². The van der Waals surface area contributed by atoms with E-state index < -0.39 is 11.8 Å². The number of halogens is 2. The number of anilines is 3. The Morgan fingerprint density at radius 2 is 1.67 bits per heavy atom. The Bertz CT molecular complexity index is 1420. The minimum Gasteiger partial charge on any atom is -0.497 e. The quantitative estimate of drug-likeness (QED) is 0.403. The molecule has 3 aromatic rings. The SMILES string of the molecule is COc1ccc(OC)c(N2C(=O)C(Cl)=C(Nc3cccc(C(=O)Nc4ccc(C)c(Cl)c4)c3)C2=O)c1. The molecule has 8 nitrogen and oxygen atoms in total. The summed E-state index contributed by atoms with van der Waals surface area (Å²) in [4.78, 5) is 39.8. The molecule has 2 N–H and O–H groups in total. The number of hydrogen-bond acceptors (Lipinski definition) is 6. The minimum atomic E-state index is -0.721. The summed E-state index contributed by atoms with van der Waals surface area (Å²) in [7, 11) is 2.89. The third-order valence-electron chi connectivity index (χ3n) is 5.48. The molecule has 0 atom stereocenters. The number of aryl methyl sites for hydroxylation is 1. The largest absolute Gasteiger partial charge is 0.497 e. The molecule has 3 aromatic carbocycles. The van der Waals surface area contributed by atoms with Crippen LogP contribution in [0.4, 0.5) is 17.1 Å². The zero-order valence-electron chi connectivity index (χ0n) is 19.5.